The molecule has 0 radical (unpaired) electrons. The monoisotopic (exact) mass is 256 g/mol. The maximum absolute atomic E-state index is 11.7. The number of hydrogen-bond acceptors (Lipinski definition) is 4. The van der Waals surface area contributed by atoms with Gasteiger partial charge in [-0.15, -0.1) is 0 Å². The van der Waals surface area contributed by atoms with Gasteiger partial charge in [0.2, 0.25) is 0 Å². The number of carbonyl (C=O) groups excluding carboxylic acids is 1. The van der Waals surface area contributed by atoms with E-state index in [0.29, 0.717) is 18.6 Å². The zero-order chi connectivity index (χ0) is 13.1. The van der Waals surface area contributed by atoms with E-state index in [0.717, 1.165) is 19.5 Å². The van der Waals surface area contributed by atoms with Gasteiger partial charge in [-0.05, 0) is 33.2 Å². The minimum Gasteiger partial charge on any atom is -0.442 e. The third-order valence-electron chi connectivity index (χ3n) is 3.92. The summed E-state index contributed by atoms with van der Waals surface area (Å²) in [5.41, 5.74) is 0. The van der Waals surface area contributed by atoms with Crippen molar-refractivity contribution in [3.05, 3.63) is 0 Å². The third-order valence-corrected chi connectivity index (χ3v) is 3.92. The Morgan fingerprint density at radius 2 is 2.22 bits per heavy atom. The summed E-state index contributed by atoms with van der Waals surface area (Å²) in [4.78, 5) is 15.9. The van der Waals surface area contributed by atoms with Crippen LogP contribution in [0.3, 0.4) is 0 Å². The van der Waals surface area contributed by atoms with Crippen molar-refractivity contribution in [3.8, 4) is 0 Å². The van der Waals surface area contributed by atoms with Gasteiger partial charge >= 0.3 is 6.09 Å². The van der Waals surface area contributed by atoms with Crippen LogP contribution in [0.5, 0.6) is 0 Å². The molecular weight excluding hydrogens is 232 g/mol. The molecule has 18 heavy (non-hydrogen) atoms. The number of carbonyl (C=O) groups is 1. The fourth-order valence-electron chi connectivity index (χ4n) is 2.97. The van der Waals surface area contributed by atoms with Crippen LogP contribution in [0.2, 0.25) is 0 Å². The fourth-order valence-corrected chi connectivity index (χ4v) is 2.97. The quantitative estimate of drug-likeness (QED) is 0.817. The number of aliphatic hydroxyl groups excluding tert-OH is 1. The molecule has 104 valence electrons. The molecule has 1 unspecified atom stereocenters. The molecule has 2 fully saturated rings. The lowest BCUT2D eigenvalue weighted by atomic mass is 10.00. The van der Waals surface area contributed by atoms with Crippen LogP contribution in [-0.2, 0) is 4.74 Å². The summed E-state index contributed by atoms with van der Waals surface area (Å²) < 4.78 is 5.08. The largest absolute Gasteiger partial charge is 0.442 e. The molecule has 5 nitrogen and oxygen atoms in total. The molecule has 2 rings (SSSR count). The first-order valence-corrected chi connectivity index (χ1v) is 6.94. The normalized spacial score (nSPS) is 30.0. The molecule has 0 spiro atoms. The van der Waals surface area contributed by atoms with Crippen molar-refractivity contribution >= 4 is 6.09 Å². The molecule has 0 aromatic carbocycles. The molecule has 2 aliphatic rings. The number of ether oxygens (including phenoxy) is 1. The highest BCUT2D eigenvalue weighted by Crippen LogP contribution is 2.22. The van der Waals surface area contributed by atoms with Crippen LogP contribution < -0.4 is 0 Å². The van der Waals surface area contributed by atoms with Gasteiger partial charge in [0.1, 0.15) is 6.10 Å². The van der Waals surface area contributed by atoms with Gasteiger partial charge in [0.05, 0.1) is 13.2 Å². The molecule has 2 saturated heterocycles. The summed E-state index contributed by atoms with van der Waals surface area (Å²) in [6, 6.07) is 0.950. The Balaban J connectivity index is 1.93. The number of aliphatic hydroxyl groups is 1. The molecule has 2 atom stereocenters. The first kappa shape index (κ1) is 13.6. The van der Waals surface area contributed by atoms with Gasteiger partial charge in [-0.1, -0.05) is 6.42 Å². The summed E-state index contributed by atoms with van der Waals surface area (Å²) in [7, 11) is 0. The predicted octanol–water partition coefficient (Wildman–Crippen LogP) is 1.06. The van der Waals surface area contributed by atoms with Gasteiger partial charge in [-0.25, -0.2) is 4.79 Å². The summed E-state index contributed by atoms with van der Waals surface area (Å²) in [5, 5.41) is 9.03. The summed E-state index contributed by atoms with van der Waals surface area (Å²) in [6.07, 6.45) is 3.02. The van der Waals surface area contributed by atoms with E-state index in [-0.39, 0.29) is 18.8 Å². The van der Waals surface area contributed by atoms with Crippen molar-refractivity contribution in [1.82, 2.24) is 9.80 Å². The zero-order valence-electron chi connectivity index (χ0n) is 11.3. The number of amides is 1. The SMILES string of the molecule is CC(C)N1CCCCC1CN1C[C@H](CO)OC1=O. The lowest BCUT2D eigenvalue weighted by Gasteiger charge is -2.39. The topological polar surface area (TPSA) is 53.0 Å². The van der Waals surface area contributed by atoms with Gasteiger partial charge in [0.25, 0.3) is 0 Å². The minimum atomic E-state index is -0.339. The molecule has 2 heterocycles. The average Bonchev–Trinajstić information content (AvgIpc) is 2.71. The van der Waals surface area contributed by atoms with E-state index in [1.54, 1.807) is 4.90 Å². The van der Waals surface area contributed by atoms with Gasteiger partial charge in [-0.3, -0.25) is 4.90 Å². The first-order chi connectivity index (χ1) is 8.61. The van der Waals surface area contributed by atoms with E-state index in [2.05, 4.69) is 18.7 Å². The Hall–Kier alpha value is -0.810. The van der Waals surface area contributed by atoms with Gasteiger partial charge in [0.15, 0.2) is 0 Å². The number of hydrogen-bond donors (Lipinski definition) is 1. The Labute approximate surface area is 109 Å². The van der Waals surface area contributed by atoms with E-state index in [1.807, 2.05) is 0 Å². The van der Waals surface area contributed by atoms with E-state index in [1.165, 1.54) is 12.8 Å². The summed E-state index contributed by atoms with van der Waals surface area (Å²) in [5.74, 6) is 0. The number of rotatable bonds is 4. The highest BCUT2D eigenvalue weighted by atomic mass is 16.6. The van der Waals surface area contributed by atoms with Crippen molar-refractivity contribution < 1.29 is 14.6 Å². The molecular formula is C13H24N2O3. The fraction of sp³-hybridized carbons (Fsp3) is 0.923. The molecule has 0 saturated carbocycles. The first-order valence-electron chi connectivity index (χ1n) is 6.94. The van der Waals surface area contributed by atoms with Crippen LogP contribution in [-0.4, -0.2) is 65.4 Å². The highest BCUT2D eigenvalue weighted by molar-refractivity contribution is 5.69. The lowest BCUT2D eigenvalue weighted by molar-refractivity contribution is 0.0835. The van der Waals surface area contributed by atoms with Crippen LogP contribution in [0.1, 0.15) is 33.1 Å². The number of cyclic esters (lactones) is 1. The van der Waals surface area contributed by atoms with Crippen LogP contribution in [0.15, 0.2) is 0 Å². The van der Waals surface area contributed by atoms with Crippen molar-refractivity contribution in [2.75, 3.05) is 26.2 Å². The second-order valence-electron chi connectivity index (χ2n) is 5.57. The standard InChI is InChI=1S/C13H24N2O3/c1-10(2)15-6-4-3-5-11(15)7-14-8-12(9-16)18-13(14)17/h10-12,16H,3-9H2,1-2H3/t11?,12-/m1/s1. The van der Waals surface area contributed by atoms with E-state index < -0.39 is 0 Å². The highest BCUT2D eigenvalue weighted by Gasteiger charge is 2.34. The van der Waals surface area contributed by atoms with Crippen LogP contribution in [0, 0.1) is 0 Å². The smallest absolute Gasteiger partial charge is 0.410 e. The number of piperidine rings is 1. The Bertz CT molecular complexity index is 296. The molecule has 5 heteroatoms. The van der Waals surface area contributed by atoms with Crippen molar-refractivity contribution in [3.63, 3.8) is 0 Å². The van der Waals surface area contributed by atoms with Crippen molar-refractivity contribution in [2.45, 2.75) is 51.3 Å². The maximum atomic E-state index is 11.7. The van der Waals surface area contributed by atoms with Crippen LogP contribution in [0.25, 0.3) is 0 Å². The van der Waals surface area contributed by atoms with Crippen molar-refractivity contribution in [1.29, 1.82) is 0 Å². The lowest BCUT2D eigenvalue weighted by Crippen LogP contribution is -2.49. The molecule has 0 aliphatic carbocycles. The zero-order valence-corrected chi connectivity index (χ0v) is 11.3. The number of nitrogens with zero attached hydrogens (tertiary/aromatic N) is 2. The van der Waals surface area contributed by atoms with Gasteiger partial charge in [0, 0.05) is 18.6 Å². The Morgan fingerprint density at radius 1 is 1.44 bits per heavy atom. The van der Waals surface area contributed by atoms with Crippen LogP contribution >= 0.6 is 0 Å². The molecule has 1 amide bonds. The van der Waals surface area contributed by atoms with E-state index in [4.69, 9.17) is 9.84 Å². The van der Waals surface area contributed by atoms with Gasteiger partial charge in [-0.2, -0.15) is 0 Å². The molecule has 0 bridgehead atoms. The average molecular weight is 256 g/mol. The van der Waals surface area contributed by atoms with Crippen molar-refractivity contribution in [2.24, 2.45) is 0 Å². The third kappa shape index (κ3) is 2.95. The Morgan fingerprint density at radius 3 is 2.83 bits per heavy atom. The summed E-state index contributed by atoms with van der Waals surface area (Å²) >= 11 is 0. The Kier molecular flexibility index (Phi) is 4.45. The van der Waals surface area contributed by atoms with E-state index in [9.17, 15) is 4.79 Å². The molecule has 0 aromatic heterocycles. The molecule has 1 N–H and O–H groups in total. The summed E-state index contributed by atoms with van der Waals surface area (Å²) in [6.45, 7) is 6.70. The second kappa shape index (κ2) is 5.89. The second-order valence-corrected chi connectivity index (χ2v) is 5.57. The van der Waals surface area contributed by atoms with Crippen LogP contribution in [0.4, 0.5) is 4.79 Å². The van der Waals surface area contributed by atoms with E-state index >= 15 is 0 Å². The maximum Gasteiger partial charge on any atom is 0.410 e. The number of likely N-dealkylation sites (tertiary alicyclic amines) is 1. The molecule has 2 aliphatic heterocycles. The molecule has 0 aromatic rings. The van der Waals surface area contributed by atoms with Gasteiger partial charge < -0.3 is 14.7 Å². The predicted molar refractivity (Wildman–Crippen MR) is 68.4 cm³/mol. The minimum absolute atomic E-state index is 0.0825.